The number of Topliss-reactive ketones (excluding diaryl/α,β-unsaturated/α-hetero) is 1. The number of ketones is 1. The van der Waals surface area contributed by atoms with E-state index in [-0.39, 0.29) is 5.78 Å². The normalized spacial score (nSPS) is 20.5. The number of carbonyl (C=O) groups excluding carboxylic acids is 1. The predicted octanol–water partition coefficient (Wildman–Crippen LogP) is 1.57. The van der Waals surface area contributed by atoms with Gasteiger partial charge in [0.1, 0.15) is 0 Å². The van der Waals surface area contributed by atoms with E-state index in [0.717, 1.165) is 30.8 Å². The number of hydrogen-bond acceptors (Lipinski definition) is 3. The zero-order valence-corrected chi connectivity index (χ0v) is 8.99. The molecule has 1 saturated heterocycles. The van der Waals surface area contributed by atoms with E-state index in [9.17, 15) is 4.79 Å². The van der Waals surface area contributed by atoms with Gasteiger partial charge in [0.15, 0.2) is 5.78 Å². The molecule has 0 bridgehead atoms. The molecule has 15 heavy (non-hydrogen) atoms. The molecular formula is C12H16N2O. The number of nitrogens with one attached hydrogen (secondary N) is 1. The molecule has 0 saturated carbocycles. The lowest BCUT2D eigenvalue weighted by Gasteiger charge is -2.06. The Kier molecular flexibility index (Phi) is 3.11. The summed E-state index contributed by atoms with van der Waals surface area (Å²) in [5.41, 5.74) is 1.70. The van der Waals surface area contributed by atoms with Gasteiger partial charge >= 0.3 is 0 Å². The van der Waals surface area contributed by atoms with Crippen molar-refractivity contribution < 1.29 is 4.79 Å². The summed E-state index contributed by atoms with van der Waals surface area (Å²) in [6.07, 6.45) is 3.45. The molecule has 1 atom stereocenters. The van der Waals surface area contributed by atoms with Crippen molar-refractivity contribution in [2.45, 2.75) is 19.8 Å². The Balaban J connectivity index is 1.98. The monoisotopic (exact) mass is 204 g/mol. The zero-order chi connectivity index (χ0) is 10.7. The fourth-order valence-corrected chi connectivity index (χ4v) is 1.90. The minimum absolute atomic E-state index is 0.219. The van der Waals surface area contributed by atoms with Crippen molar-refractivity contribution >= 4 is 5.78 Å². The fraction of sp³-hybridized carbons (Fsp3) is 0.500. The molecule has 1 fully saturated rings. The van der Waals surface area contributed by atoms with E-state index in [2.05, 4.69) is 10.3 Å². The number of aromatic nitrogens is 1. The van der Waals surface area contributed by atoms with Crippen LogP contribution in [-0.2, 0) is 0 Å². The second-order valence-electron chi connectivity index (χ2n) is 4.17. The molecule has 0 amide bonds. The first-order chi connectivity index (χ1) is 7.25. The Bertz CT molecular complexity index is 339. The largest absolute Gasteiger partial charge is 0.316 e. The van der Waals surface area contributed by atoms with Crippen molar-refractivity contribution in [2.75, 3.05) is 13.1 Å². The second kappa shape index (κ2) is 4.53. The Hall–Kier alpha value is -1.22. The van der Waals surface area contributed by atoms with Crippen molar-refractivity contribution in [3.8, 4) is 0 Å². The van der Waals surface area contributed by atoms with Crippen LogP contribution in [0, 0.1) is 12.8 Å². The lowest BCUT2D eigenvalue weighted by atomic mass is 9.98. The molecule has 1 aromatic rings. The van der Waals surface area contributed by atoms with Gasteiger partial charge in [0, 0.05) is 23.9 Å². The molecule has 0 aliphatic carbocycles. The molecule has 2 rings (SSSR count). The first-order valence-corrected chi connectivity index (χ1v) is 5.42. The van der Waals surface area contributed by atoms with Crippen LogP contribution in [0.4, 0.5) is 0 Å². The molecule has 2 heterocycles. The highest BCUT2D eigenvalue weighted by molar-refractivity contribution is 5.95. The SMILES string of the molecule is Cc1ccc(C(=O)CC2CCNC2)cn1. The van der Waals surface area contributed by atoms with Gasteiger partial charge in [-0.15, -0.1) is 0 Å². The minimum atomic E-state index is 0.219. The van der Waals surface area contributed by atoms with Gasteiger partial charge in [0.05, 0.1) is 0 Å². The Morgan fingerprint density at radius 3 is 3.07 bits per heavy atom. The van der Waals surface area contributed by atoms with Crippen molar-refractivity contribution in [1.29, 1.82) is 0 Å². The van der Waals surface area contributed by atoms with Gasteiger partial charge in [-0.3, -0.25) is 9.78 Å². The second-order valence-corrected chi connectivity index (χ2v) is 4.17. The van der Waals surface area contributed by atoms with E-state index in [1.165, 1.54) is 0 Å². The Morgan fingerprint density at radius 2 is 2.47 bits per heavy atom. The molecule has 1 N–H and O–H groups in total. The molecule has 0 aromatic carbocycles. The van der Waals surface area contributed by atoms with Crippen LogP contribution in [0.2, 0.25) is 0 Å². The highest BCUT2D eigenvalue weighted by Gasteiger charge is 2.18. The van der Waals surface area contributed by atoms with Crippen LogP contribution >= 0.6 is 0 Å². The summed E-state index contributed by atoms with van der Waals surface area (Å²) < 4.78 is 0. The van der Waals surface area contributed by atoms with Gasteiger partial charge < -0.3 is 5.32 Å². The van der Waals surface area contributed by atoms with Crippen molar-refractivity contribution in [2.24, 2.45) is 5.92 Å². The fourth-order valence-electron chi connectivity index (χ4n) is 1.90. The summed E-state index contributed by atoms with van der Waals surface area (Å²) in [6.45, 7) is 3.95. The van der Waals surface area contributed by atoms with E-state index < -0.39 is 0 Å². The summed E-state index contributed by atoms with van der Waals surface area (Å²) in [5, 5.41) is 3.27. The highest BCUT2D eigenvalue weighted by atomic mass is 16.1. The van der Waals surface area contributed by atoms with Gasteiger partial charge in [-0.25, -0.2) is 0 Å². The molecule has 0 radical (unpaired) electrons. The third-order valence-electron chi connectivity index (χ3n) is 2.87. The number of nitrogens with zero attached hydrogens (tertiary/aromatic N) is 1. The van der Waals surface area contributed by atoms with E-state index >= 15 is 0 Å². The molecule has 1 aromatic heterocycles. The van der Waals surface area contributed by atoms with Gasteiger partial charge in [0.25, 0.3) is 0 Å². The third kappa shape index (κ3) is 2.63. The van der Waals surface area contributed by atoms with Gasteiger partial charge in [-0.05, 0) is 44.5 Å². The number of pyridine rings is 1. The summed E-state index contributed by atoms with van der Waals surface area (Å²) in [7, 11) is 0. The predicted molar refractivity (Wildman–Crippen MR) is 58.9 cm³/mol. The van der Waals surface area contributed by atoms with E-state index in [4.69, 9.17) is 0 Å². The van der Waals surface area contributed by atoms with Crippen LogP contribution in [0.1, 0.15) is 28.9 Å². The number of aryl methyl sites for hydroxylation is 1. The maximum absolute atomic E-state index is 11.8. The molecular weight excluding hydrogens is 188 g/mol. The van der Waals surface area contributed by atoms with Crippen molar-refractivity contribution in [3.05, 3.63) is 29.6 Å². The summed E-state index contributed by atoms with van der Waals surface area (Å²) in [6, 6.07) is 3.76. The summed E-state index contributed by atoms with van der Waals surface area (Å²) >= 11 is 0. The third-order valence-corrected chi connectivity index (χ3v) is 2.87. The Labute approximate surface area is 89.9 Å². The first-order valence-electron chi connectivity index (χ1n) is 5.42. The summed E-state index contributed by atoms with van der Waals surface area (Å²) in [5.74, 6) is 0.731. The average Bonchev–Trinajstić information content (AvgIpc) is 2.71. The number of rotatable bonds is 3. The van der Waals surface area contributed by atoms with Crippen LogP contribution in [0.5, 0.6) is 0 Å². The standard InChI is InChI=1S/C12H16N2O/c1-9-2-3-11(8-14-9)12(15)6-10-4-5-13-7-10/h2-3,8,10,13H,4-7H2,1H3. The maximum Gasteiger partial charge on any atom is 0.164 e. The first kappa shape index (κ1) is 10.3. The van der Waals surface area contributed by atoms with Gasteiger partial charge in [-0.1, -0.05) is 0 Å². The maximum atomic E-state index is 11.8. The van der Waals surface area contributed by atoms with E-state index in [1.807, 2.05) is 19.1 Å². The summed E-state index contributed by atoms with van der Waals surface area (Å²) in [4.78, 5) is 16.0. The molecule has 3 heteroatoms. The van der Waals surface area contributed by atoms with Gasteiger partial charge in [-0.2, -0.15) is 0 Å². The van der Waals surface area contributed by atoms with Crippen molar-refractivity contribution in [1.82, 2.24) is 10.3 Å². The van der Waals surface area contributed by atoms with Crippen LogP contribution < -0.4 is 5.32 Å². The smallest absolute Gasteiger partial charge is 0.164 e. The lowest BCUT2D eigenvalue weighted by molar-refractivity contribution is 0.0964. The zero-order valence-electron chi connectivity index (χ0n) is 8.99. The quantitative estimate of drug-likeness (QED) is 0.760. The molecule has 3 nitrogen and oxygen atoms in total. The van der Waals surface area contributed by atoms with Crippen LogP contribution in [0.3, 0.4) is 0 Å². The molecule has 1 unspecified atom stereocenters. The van der Waals surface area contributed by atoms with E-state index in [0.29, 0.717) is 12.3 Å². The highest BCUT2D eigenvalue weighted by Crippen LogP contribution is 2.15. The van der Waals surface area contributed by atoms with Crippen LogP contribution in [0.15, 0.2) is 18.3 Å². The lowest BCUT2D eigenvalue weighted by Crippen LogP contribution is -2.13. The van der Waals surface area contributed by atoms with Crippen LogP contribution in [-0.4, -0.2) is 23.9 Å². The minimum Gasteiger partial charge on any atom is -0.316 e. The van der Waals surface area contributed by atoms with E-state index in [1.54, 1.807) is 6.20 Å². The topological polar surface area (TPSA) is 42.0 Å². The Morgan fingerprint density at radius 1 is 1.60 bits per heavy atom. The molecule has 0 spiro atoms. The molecule has 80 valence electrons. The van der Waals surface area contributed by atoms with Crippen molar-refractivity contribution in [3.63, 3.8) is 0 Å². The number of carbonyl (C=O) groups is 1. The van der Waals surface area contributed by atoms with Gasteiger partial charge in [0.2, 0.25) is 0 Å². The molecule has 1 aliphatic rings. The molecule has 1 aliphatic heterocycles. The number of hydrogen-bond donors (Lipinski definition) is 1. The average molecular weight is 204 g/mol. The van der Waals surface area contributed by atoms with Crippen LogP contribution in [0.25, 0.3) is 0 Å².